The Labute approximate surface area is 250 Å². The predicted molar refractivity (Wildman–Crippen MR) is 163 cm³/mol. The first kappa shape index (κ1) is 30.7. The molecule has 0 saturated heterocycles. The lowest BCUT2D eigenvalue weighted by Crippen LogP contribution is -2.32. The Kier molecular flexibility index (Phi) is 11.4. The van der Waals surface area contributed by atoms with Gasteiger partial charge in [-0.1, -0.05) is 76.2 Å². The molecule has 0 aromatic heterocycles. The molecular formula is C30H28N2O8S2. The number of benzene rings is 3. The first-order valence-electron chi connectivity index (χ1n) is 13.0. The number of esters is 1. The van der Waals surface area contributed by atoms with Crippen LogP contribution in [-0.4, -0.2) is 47.7 Å². The Morgan fingerprint density at radius 2 is 1.45 bits per heavy atom. The SMILES string of the molecule is O=C(CCC(=O)N1Cc2ccccc2/C=C\c2ccccc21)OCCSSCCOC(=O)Oc1ccc([N+](=O)[O-])cc1. The van der Waals surface area contributed by atoms with Gasteiger partial charge in [-0.3, -0.25) is 19.7 Å². The van der Waals surface area contributed by atoms with Crippen molar-refractivity contribution in [3.8, 4) is 5.75 Å². The molecule has 12 heteroatoms. The third-order valence-corrected chi connectivity index (χ3v) is 8.38. The summed E-state index contributed by atoms with van der Waals surface area (Å²) in [6.45, 7) is 0.710. The number of hydrogen-bond acceptors (Lipinski definition) is 10. The summed E-state index contributed by atoms with van der Waals surface area (Å²) in [5, 5.41) is 10.7. The maximum Gasteiger partial charge on any atom is 0.513 e. The number of carbonyl (C=O) groups is 3. The van der Waals surface area contributed by atoms with Crippen LogP contribution in [0.1, 0.15) is 29.5 Å². The monoisotopic (exact) mass is 608 g/mol. The van der Waals surface area contributed by atoms with Crippen LogP contribution in [0.25, 0.3) is 12.2 Å². The summed E-state index contributed by atoms with van der Waals surface area (Å²) in [5.41, 5.74) is 3.71. The van der Waals surface area contributed by atoms with Crippen molar-refractivity contribution in [1.82, 2.24) is 0 Å². The van der Waals surface area contributed by atoms with Gasteiger partial charge in [-0.15, -0.1) is 0 Å². The van der Waals surface area contributed by atoms with E-state index in [0.717, 1.165) is 22.4 Å². The van der Waals surface area contributed by atoms with Gasteiger partial charge in [-0.2, -0.15) is 0 Å². The first-order chi connectivity index (χ1) is 20.4. The molecule has 0 saturated carbocycles. The van der Waals surface area contributed by atoms with Crippen molar-refractivity contribution < 1.29 is 33.5 Å². The van der Waals surface area contributed by atoms with Crippen LogP contribution in [-0.2, 0) is 25.6 Å². The van der Waals surface area contributed by atoms with E-state index in [0.29, 0.717) is 18.1 Å². The van der Waals surface area contributed by atoms with Gasteiger partial charge in [0.15, 0.2) is 0 Å². The van der Waals surface area contributed by atoms with Crippen molar-refractivity contribution in [3.05, 3.63) is 99.6 Å². The van der Waals surface area contributed by atoms with E-state index in [4.69, 9.17) is 14.2 Å². The summed E-state index contributed by atoms with van der Waals surface area (Å²) in [4.78, 5) is 49.1. The van der Waals surface area contributed by atoms with E-state index >= 15 is 0 Å². The molecular weight excluding hydrogens is 580 g/mol. The molecule has 1 heterocycles. The molecule has 1 aliphatic rings. The van der Waals surface area contributed by atoms with Crippen molar-refractivity contribution in [3.63, 3.8) is 0 Å². The van der Waals surface area contributed by atoms with E-state index in [2.05, 4.69) is 6.08 Å². The van der Waals surface area contributed by atoms with E-state index in [1.165, 1.54) is 45.9 Å². The van der Waals surface area contributed by atoms with Crippen LogP contribution < -0.4 is 9.64 Å². The number of para-hydroxylation sites is 1. The number of non-ortho nitro benzene ring substituents is 1. The number of rotatable bonds is 12. The Morgan fingerprint density at radius 3 is 2.19 bits per heavy atom. The molecule has 1 amide bonds. The molecule has 0 aliphatic carbocycles. The van der Waals surface area contributed by atoms with Gasteiger partial charge in [-0.05, 0) is 34.9 Å². The number of nitrogens with zero attached hydrogens (tertiary/aromatic N) is 2. The van der Waals surface area contributed by atoms with Gasteiger partial charge < -0.3 is 19.1 Å². The Hall–Kier alpha value is -4.29. The van der Waals surface area contributed by atoms with Gasteiger partial charge in [-0.25, -0.2) is 4.79 Å². The number of amides is 1. The van der Waals surface area contributed by atoms with Gasteiger partial charge in [0.05, 0.1) is 23.6 Å². The molecule has 0 atom stereocenters. The van der Waals surface area contributed by atoms with Crippen LogP contribution in [0.15, 0.2) is 72.8 Å². The summed E-state index contributed by atoms with van der Waals surface area (Å²) in [6.07, 6.45) is 3.16. The van der Waals surface area contributed by atoms with Gasteiger partial charge in [0, 0.05) is 30.1 Å². The van der Waals surface area contributed by atoms with Crippen LogP contribution >= 0.6 is 21.6 Å². The lowest BCUT2D eigenvalue weighted by atomic mass is 10.0. The molecule has 0 bridgehead atoms. The molecule has 0 N–H and O–H groups in total. The summed E-state index contributed by atoms with van der Waals surface area (Å²) in [7, 11) is 2.89. The van der Waals surface area contributed by atoms with Gasteiger partial charge >= 0.3 is 12.1 Å². The molecule has 0 radical (unpaired) electrons. The van der Waals surface area contributed by atoms with Crippen LogP contribution in [0.2, 0.25) is 0 Å². The summed E-state index contributed by atoms with van der Waals surface area (Å²) >= 11 is 0. The topological polar surface area (TPSA) is 125 Å². The molecule has 4 rings (SSSR count). The molecule has 0 fully saturated rings. The quantitative estimate of drug-likeness (QED) is 0.0559. The van der Waals surface area contributed by atoms with Crippen molar-refractivity contribution in [2.75, 3.05) is 29.6 Å². The molecule has 0 unspecified atom stereocenters. The zero-order valence-corrected chi connectivity index (χ0v) is 24.1. The molecule has 0 spiro atoms. The minimum Gasteiger partial charge on any atom is -0.465 e. The maximum atomic E-state index is 13.2. The average Bonchev–Trinajstić information content (AvgIpc) is 2.98. The maximum absolute atomic E-state index is 13.2. The summed E-state index contributed by atoms with van der Waals surface area (Å²) in [5.74, 6) is 0.567. The number of ether oxygens (including phenoxy) is 3. The van der Waals surface area contributed by atoms with E-state index in [9.17, 15) is 24.5 Å². The predicted octanol–water partition coefficient (Wildman–Crippen LogP) is 6.53. The van der Waals surface area contributed by atoms with Crippen LogP contribution in [0.3, 0.4) is 0 Å². The highest BCUT2D eigenvalue weighted by Gasteiger charge is 2.22. The van der Waals surface area contributed by atoms with Crippen molar-refractivity contribution >= 4 is 63.1 Å². The van der Waals surface area contributed by atoms with Crippen molar-refractivity contribution in [1.29, 1.82) is 0 Å². The second kappa shape index (κ2) is 15.6. The van der Waals surface area contributed by atoms with E-state index in [-0.39, 0.29) is 43.4 Å². The fraction of sp³-hybridized carbons (Fsp3) is 0.233. The first-order valence-corrected chi connectivity index (χ1v) is 15.5. The fourth-order valence-electron chi connectivity index (χ4n) is 4.02. The smallest absolute Gasteiger partial charge is 0.465 e. The number of carbonyl (C=O) groups excluding carboxylic acids is 3. The highest BCUT2D eigenvalue weighted by atomic mass is 33.1. The zero-order valence-electron chi connectivity index (χ0n) is 22.5. The zero-order chi connectivity index (χ0) is 29.7. The highest BCUT2D eigenvalue weighted by Crippen LogP contribution is 2.29. The van der Waals surface area contributed by atoms with Gasteiger partial charge in [0.25, 0.3) is 5.69 Å². The minimum absolute atomic E-state index is 0.0164. The normalized spacial score (nSPS) is 12.6. The van der Waals surface area contributed by atoms with Crippen LogP contribution in [0.5, 0.6) is 5.75 Å². The third-order valence-electron chi connectivity index (χ3n) is 6.05. The second-order valence-electron chi connectivity index (χ2n) is 8.89. The number of nitro groups is 1. The Morgan fingerprint density at radius 1 is 0.810 bits per heavy atom. The largest absolute Gasteiger partial charge is 0.513 e. The minimum atomic E-state index is -0.905. The standard InChI is InChI=1S/C30H28N2O8S2/c33-28(31-21-24-7-2-1-5-22(24)9-10-23-6-3-4-8-27(23)31)15-16-29(34)38-17-19-41-42-20-18-39-30(35)40-26-13-11-25(12-14-26)32(36)37/h1-14H,15-21H2/b10-9-. The van der Waals surface area contributed by atoms with Crippen LogP contribution in [0, 0.1) is 10.1 Å². The van der Waals surface area contributed by atoms with E-state index < -0.39 is 17.0 Å². The number of nitro benzene ring substituents is 1. The third kappa shape index (κ3) is 9.11. The van der Waals surface area contributed by atoms with E-state index in [1.54, 1.807) is 4.90 Å². The molecule has 1 aliphatic heterocycles. The second-order valence-corrected chi connectivity index (χ2v) is 11.6. The molecule has 42 heavy (non-hydrogen) atoms. The Balaban J connectivity index is 1.11. The van der Waals surface area contributed by atoms with E-state index in [1.807, 2.05) is 54.6 Å². The lowest BCUT2D eigenvalue weighted by molar-refractivity contribution is -0.384. The van der Waals surface area contributed by atoms with Gasteiger partial charge in [0.2, 0.25) is 5.91 Å². The summed E-state index contributed by atoms with van der Waals surface area (Å²) in [6, 6.07) is 20.7. The summed E-state index contributed by atoms with van der Waals surface area (Å²) < 4.78 is 15.2. The lowest BCUT2D eigenvalue weighted by Gasteiger charge is -2.27. The van der Waals surface area contributed by atoms with Crippen LogP contribution in [0.4, 0.5) is 16.2 Å². The molecule has 3 aromatic carbocycles. The fourth-order valence-corrected chi connectivity index (χ4v) is 5.67. The number of anilines is 1. The molecule has 10 nitrogen and oxygen atoms in total. The van der Waals surface area contributed by atoms with Crippen molar-refractivity contribution in [2.45, 2.75) is 19.4 Å². The average molecular weight is 609 g/mol. The van der Waals surface area contributed by atoms with Crippen molar-refractivity contribution in [2.24, 2.45) is 0 Å². The number of fused-ring (bicyclic) bond motifs is 2. The molecule has 3 aromatic rings. The Bertz CT molecular complexity index is 1450. The molecule has 218 valence electrons. The highest BCUT2D eigenvalue weighted by molar-refractivity contribution is 8.76. The van der Waals surface area contributed by atoms with Gasteiger partial charge in [0.1, 0.15) is 19.0 Å². The number of hydrogen-bond donors (Lipinski definition) is 0.